The molecule has 0 aliphatic heterocycles. The summed E-state index contributed by atoms with van der Waals surface area (Å²) in [5.41, 5.74) is 5.13. The van der Waals surface area contributed by atoms with Gasteiger partial charge in [-0.15, -0.1) is 0 Å². The number of halogens is 1. The fourth-order valence-electron chi connectivity index (χ4n) is 2.49. The summed E-state index contributed by atoms with van der Waals surface area (Å²) < 4.78 is 1.12. The molecule has 0 aliphatic rings. The van der Waals surface area contributed by atoms with E-state index in [0.717, 1.165) is 17.6 Å². The van der Waals surface area contributed by atoms with E-state index in [1.165, 1.54) is 22.5 Å². The highest BCUT2D eigenvalue weighted by Crippen LogP contribution is 2.32. The maximum atomic E-state index is 3.56. The molecule has 0 aliphatic carbocycles. The third-order valence-corrected chi connectivity index (χ3v) is 3.92. The summed E-state index contributed by atoms with van der Waals surface area (Å²) in [6.45, 7) is 6.16. The lowest BCUT2D eigenvalue weighted by Crippen LogP contribution is -2.20. The smallest absolute Gasteiger partial charge is 0.0457 e. The van der Waals surface area contributed by atoms with Crippen LogP contribution in [0.2, 0.25) is 0 Å². The van der Waals surface area contributed by atoms with Crippen molar-refractivity contribution in [2.75, 3.05) is 18.5 Å². The van der Waals surface area contributed by atoms with Gasteiger partial charge in [-0.25, -0.2) is 0 Å². The van der Waals surface area contributed by atoms with E-state index < -0.39 is 0 Å². The highest BCUT2D eigenvalue weighted by Gasteiger charge is 2.13. The van der Waals surface area contributed by atoms with Crippen LogP contribution >= 0.6 is 15.9 Å². The maximum absolute atomic E-state index is 3.56. The van der Waals surface area contributed by atoms with Crippen LogP contribution in [-0.2, 0) is 6.54 Å². The largest absolute Gasteiger partial charge is 0.341 e. The minimum absolute atomic E-state index is 0.858. The van der Waals surface area contributed by atoms with E-state index in [2.05, 4.69) is 82.5 Å². The molecule has 0 heterocycles. The van der Waals surface area contributed by atoms with Gasteiger partial charge in [-0.3, -0.25) is 0 Å². The molecule has 2 aromatic carbocycles. The number of rotatable bonds is 5. The Labute approximate surface area is 129 Å². The minimum Gasteiger partial charge on any atom is -0.341 e. The van der Waals surface area contributed by atoms with E-state index in [4.69, 9.17) is 0 Å². The van der Waals surface area contributed by atoms with Crippen molar-refractivity contribution in [3.05, 3.63) is 58.1 Å². The lowest BCUT2D eigenvalue weighted by atomic mass is 10.1. The van der Waals surface area contributed by atoms with E-state index in [-0.39, 0.29) is 0 Å². The summed E-state index contributed by atoms with van der Waals surface area (Å²) in [4.78, 5) is 2.37. The first-order chi connectivity index (χ1) is 9.67. The average Bonchev–Trinajstić information content (AvgIpc) is 2.44. The molecular weight excluding hydrogens is 312 g/mol. The summed E-state index contributed by atoms with van der Waals surface area (Å²) in [5.74, 6) is 0. The number of para-hydroxylation sites is 1. The molecule has 0 saturated heterocycles. The third kappa shape index (κ3) is 3.22. The lowest BCUT2D eigenvalue weighted by molar-refractivity contribution is 0.812. The maximum Gasteiger partial charge on any atom is 0.0457 e. The molecule has 1 N–H and O–H groups in total. The van der Waals surface area contributed by atoms with Gasteiger partial charge in [0.05, 0.1) is 0 Å². The standard InChI is InChI=1S/C17H21BrN2/c1-4-20(16-8-6-5-7-13(16)2)17-10-9-15(18)11-14(17)12-19-3/h5-11,19H,4,12H2,1-3H3. The minimum atomic E-state index is 0.858. The molecule has 0 radical (unpaired) electrons. The zero-order valence-corrected chi connectivity index (χ0v) is 13.9. The van der Waals surface area contributed by atoms with Crippen molar-refractivity contribution in [2.24, 2.45) is 0 Å². The lowest BCUT2D eigenvalue weighted by Gasteiger charge is -2.27. The van der Waals surface area contributed by atoms with Crippen molar-refractivity contribution >= 4 is 27.3 Å². The van der Waals surface area contributed by atoms with Crippen LogP contribution < -0.4 is 10.2 Å². The second-order valence-corrected chi connectivity index (χ2v) is 5.75. The van der Waals surface area contributed by atoms with E-state index >= 15 is 0 Å². The van der Waals surface area contributed by atoms with Crippen molar-refractivity contribution < 1.29 is 0 Å². The Morgan fingerprint density at radius 3 is 2.50 bits per heavy atom. The normalized spacial score (nSPS) is 10.6. The van der Waals surface area contributed by atoms with Gasteiger partial charge in [-0.1, -0.05) is 34.1 Å². The molecule has 0 fully saturated rings. The zero-order valence-electron chi connectivity index (χ0n) is 12.3. The average molecular weight is 333 g/mol. The van der Waals surface area contributed by atoms with Gasteiger partial charge in [0.1, 0.15) is 0 Å². The summed E-state index contributed by atoms with van der Waals surface area (Å²) in [6.07, 6.45) is 0. The van der Waals surface area contributed by atoms with Crippen molar-refractivity contribution in [3.8, 4) is 0 Å². The molecule has 0 aromatic heterocycles. The molecule has 0 amide bonds. The Balaban J connectivity index is 2.49. The van der Waals surface area contributed by atoms with Gasteiger partial charge in [0.25, 0.3) is 0 Å². The fourth-order valence-corrected chi connectivity index (χ4v) is 2.89. The fraction of sp³-hybridized carbons (Fsp3) is 0.294. The van der Waals surface area contributed by atoms with Crippen LogP contribution in [0.5, 0.6) is 0 Å². The van der Waals surface area contributed by atoms with Crippen LogP contribution in [0.3, 0.4) is 0 Å². The molecule has 0 bridgehead atoms. The molecule has 2 rings (SSSR count). The van der Waals surface area contributed by atoms with Crippen molar-refractivity contribution in [2.45, 2.75) is 20.4 Å². The number of nitrogens with zero attached hydrogens (tertiary/aromatic N) is 1. The van der Waals surface area contributed by atoms with Gasteiger partial charge in [0.2, 0.25) is 0 Å². The Morgan fingerprint density at radius 2 is 1.85 bits per heavy atom. The molecule has 0 atom stereocenters. The van der Waals surface area contributed by atoms with Crippen LogP contribution in [0.4, 0.5) is 11.4 Å². The summed E-state index contributed by atoms with van der Waals surface area (Å²) in [5, 5.41) is 3.25. The van der Waals surface area contributed by atoms with Crippen molar-refractivity contribution in [3.63, 3.8) is 0 Å². The van der Waals surface area contributed by atoms with Crippen molar-refractivity contribution in [1.29, 1.82) is 0 Å². The SMILES string of the molecule is CCN(c1ccccc1C)c1ccc(Br)cc1CNC. The highest BCUT2D eigenvalue weighted by molar-refractivity contribution is 9.10. The number of nitrogens with one attached hydrogen (secondary N) is 1. The van der Waals surface area contributed by atoms with Crippen LogP contribution in [0.25, 0.3) is 0 Å². The predicted octanol–water partition coefficient (Wildman–Crippen LogP) is 4.63. The molecule has 20 heavy (non-hydrogen) atoms. The van der Waals surface area contributed by atoms with Gasteiger partial charge in [-0.2, -0.15) is 0 Å². The van der Waals surface area contributed by atoms with Gasteiger partial charge >= 0.3 is 0 Å². The number of anilines is 2. The number of hydrogen-bond acceptors (Lipinski definition) is 2. The molecule has 0 spiro atoms. The van der Waals surface area contributed by atoms with Crippen molar-refractivity contribution in [1.82, 2.24) is 5.32 Å². The Kier molecular flexibility index (Phi) is 5.21. The van der Waals surface area contributed by atoms with Crippen LogP contribution in [-0.4, -0.2) is 13.6 Å². The summed E-state index contributed by atoms with van der Waals surface area (Å²) in [7, 11) is 1.98. The monoisotopic (exact) mass is 332 g/mol. The predicted molar refractivity (Wildman–Crippen MR) is 90.8 cm³/mol. The van der Waals surface area contributed by atoms with Gasteiger partial charge in [0.15, 0.2) is 0 Å². The van der Waals surface area contributed by atoms with Crippen LogP contribution in [0, 0.1) is 6.92 Å². The van der Waals surface area contributed by atoms with Crippen LogP contribution in [0.1, 0.15) is 18.1 Å². The van der Waals surface area contributed by atoms with Crippen LogP contribution in [0.15, 0.2) is 46.9 Å². The molecule has 0 saturated carbocycles. The molecule has 2 aromatic rings. The first kappa shape index (κ1) is 15.1. The highest BCUT2D eigenvalue weighted by atomic mass is 79.9. The Hall–Kier alpha value is -1.32. The van der Waals surface area contributed by atoms with Gasteiger partial charge in [0, 0.05) is 28.9 Å². The molecule has 3 heteroatoms. The first-order valence-electron chi connectivity index (χ1n) is 6.93. The number of hydrogen-bond donors (Lipinski definition) is 1. The Morgan fingerprint density at radius 1 is 1.10 bits per heavy atom. The molecular formula is C17H21BrN2. The summed E-state index contributed by atoms with van der Waals surface area (Å²) >= 11 is 3.56. The van der Waals surface area contributed by atoms with E-state index in [1.807, 2.05) is 7.05 Å². The third-order valence-electron chi connectivity index (χ3n) is 3.42. The summed E-state index contributed by atoms with van der Waals surface area (Å²) in [6, 6.07) is 15.0. The number of benzene rings is 2. The number of aryl methyl sites for hydroxylation is 1. The second-order valence-electron chi connectivity index (χ2n) is 4.83. The molecule has 2 nitrogen and oxygen atoms in total. The molecule has 0 unspecified atom stereocenters. The van der Waals surface area contributed by atoms with E-state index in [1.54, 1.807) is 0 Å². The first-order valence-corrected chi connectivity index (χ1v) is 7.73. The van der Waals surface area contributed by atoms with Gasteiger partial charge < -0.3 is 10.2 Å². The van der Waals surface area contributed by atoms with E-state index in [9.17, 15) is 0 Å². The zero-order chi connectivity index (χ0) is 14.5. The second kappa shape index (κ2) is 6.91. The van der Waals surface area contributed by atoms with E-state index in [0.29, 0.717) is 0 Å². The van der Waals surface area contributed by atoms with Gasteiger partial charge in [-0.05, 0) is 56.3 Å². The molecule has 106 valence electrons. The quantitative estimate of drug-likeness (QED) is 0.858. The topological polar surface area (TPSA) is 15.3 Å². The Bertz CT molecular complexity index is 581.